The number of aliphatic hydroxyl groups is 1. The van der Waals surface area contributed by atoms with Gasteiger partial charge in [0.2, 0.25) is 0 Å². The molecule has 6 heteroatoms. The fourth-order valence-electron chi connectivity index (χ4n) is 2.03. The molecule has 0 spiro atoms. The lowest BCUT2D eigenvalue weighted by atomic mass is 10.2. The Balaban J connectivity index is 2.07. The molecule has 3 aromatic rings. The standard InChI is InChI=1S/C14H15N5O/c1-10-2-4-11(5-3-10)19-14-12(8-18-19)13(15-6-7-20)16-9-17-14/h2-5,8-9,20H,6-7H2,1H3,(H,15,16,17). The summed E-state index contributed by atoms with van der Waals surface area (Å²) in [6.07, 6.45) is 3.23. The maximum atomic E-state index is 8.88. The van der Waals surface area contributed by atoms with Crippen molar-refractivity contribution in [3.63, 3.8) is 0 Å². The van der Waals surface area contributed by atoms with E-state index < -0.39 is 0 Å². The Kier molecular flexibility index (Phi) is 3.30. The Morgan fingerprint density at radius 3 is 2.75 bits per heavy atom. The van der Waals surface area contributed by atoms with E-state index >= 15 is 0 Å². The van der Waals surface area contributed by atoms with Gasteiger partial charge in [0.15, 0.2) is 5.65 Å². The molecule has 0 saturated carbocycles. The van der Waals surface area contributed by atoms with Crippen LogP contribution < -0.4 is 5.32 Å². The van der Waals surface area contributed by atoms with Crippen molar-refractivity contribution in [2.24, 2.45) is 0 Å². The third-order valence-electron chi connectivity index (χ3n) is 3.05. The molecule has 1 aromatic carbocycles. The summed E-state index contributed by atoms with van der Waals surface area (Å²) in [6, 6.07) is 8.08. The molecule has 0 aliphatic carbocycles. The van der Waals surface area contributed by atoms with E-state index in [0.717, 1.165) is 16.7 Å². The average Bonchev–Trinajstić information content (AvgIpc) is 2.90. The first kappa shape index (κ1) is 12.6. The summed E-state index contributed by atoms with van der Waals surface area (Å²) in [6.45, 7) is 2.55. The van der Waals surface area contributed by atoms with Gasteiger partial charge in [-0.2, -0.15) is 5.10 Å². The maximum absolute atomic E-state index is 8.88. The van der Waals surface area contributed by atoms with Crippen LogP contribution in [0.1, 0.15) is 5.56 Å². The van der Waals surface area contributed by atoms with E-state index in [2.05, 4.69) is 20.4 Å². The lowest BCUT2D eigenvalue weighted by Crippen LogP contribution is -2.07. The molecule has 2 aromatic heterocycles. The minimum Gasteiger partial charge on any atom is -0.395 e. The SMILES string of the molecule is Cc1ccc(-n2ncc3c(NCCO)ncnc32)cc1. The Labute approximate surface area is 116 Å². The molecule has 0 atom stereocenters. The van der Waals surface area contributed by atoms with Crippen LogP contribution in [-0.2, 0) is 0 Å². The molecule has 0 saturated heterocycles. The van der Waals surface area contributed by atoms with Crippen LogP contribution in [0.2, 0.25) is 0 Å². The molecule has 102 valence electrons. The minimum atomic E-state index is 0.0532. The molecular formula is C14H15N5O. The topological polar surface area (TPSA) is 75.9 Å². The van der Waals surface area contributed by atoms with E-state index in [-0.39, 0.29) is 6.61 Å². The second-order valence-corrected chi connectivity index (χ2v) is 4.50. The van der Waals surface area contributed by atoms with Crippen LogP contribution >= 0.6 is 0 Å². The van der Waals surface area contributed by atoms with Crippen molar-refractivity contribution < 1.29 is 5.11 Å². The average molecular weight is 269 g/mol. The Morgan fingerprint density at radius 2 is 2.00 bits per heavy atom. The lowest BCUT2D eigenvalue weighted by Gasteiger charge is -2.05. The highest BCUT2D eigenvalue weighted by atomic mass is 16.3. The zero-order valence-corrected chi connectivity index (χ0v) is 11.1. The van der Waals surface area contributed by atoms with Gasteiger partial charge < -0.3 is 10.4 Å². The molecule has 0 aliphatic heterocycles. The van der Waals surface area contributed by atoms with Gasteiger partial charge in [0, 0.05) is 6.54 Å². The van der Waals surface area contributed by atoms with E-state index in [0.29, 0.717) is 12.4 Å². The van der Waals surface area contributed by atoms with Gasteiger partial charge in [-0.25, -0.2) is 14.6 Å². The highest BCUT2D eigenvalue weighted by Crippen LogP contribution is 2.21. The van der Waals surface area contributed by atoms with Crippen molar-refractivity contribution in [3.8, 4) is 5.69 Å². The number of aryl methyl sites for hydroxylation is 1. The molecule has 0 bridgehead atoms. The fourth-order valence-corrected chi connectivity index (χ4v) is 2.03. The first-order valence-electron chi connectivity index (χ1n) is 6.40. The van der Waals surface area contributed by atoms with Crippen molar-refractivity contribution in [3.05, 3.63) is 42.4 Å². The van der Waals surface area contributed by atoms with Gasteiger partial charge in [-0.05, 0) is 19.1 Å². The zero-order chi connectivity index (χ0) is 13.9. The van der Waals surface area contributed by atoms with Crippen molar-refractivity contribution >= 4 is 16.9 Å². The van der Waals surface area contributed by atoms with Gasteiger partial charge in [-0.3, -0.25) is 0 Å². The number of benzene rings is 1. The summed E-state index contributed by atoms with van der Waals surface area (Å²) >= 11 is 0. The molecule has 2 N–H and O–H groups in total. The molecule has 0 radical (unpaired) electrons. The summed E-state index contributed by atoms with van der Waals surface area (Å²) in [4.78, 5) is 8.47. The largest absolute Gasteiger partial charge is 0.395 e. The smallest absolute Gasteiger partial charge is 0.168 e. The Bertz CT molecular complexity index is 720. The Morgan fingerprint density at radius 1 is 1.20 bits per heavy atom. The van der Waals surface area contributed by atoms with Crippen LogP contribution in [0.4, 0.5) is 5.82 Å². The summed E-state index contributed by atoms with van der Waals surface area (Å²) in [7, 11) is 0. The number of fused-ring (bicyclic) bond motifs is 1. The van der Waals surface area contributed by atoms with Crippen LogP contribution in [0.25, 0.3) is 16.7 Å². The number of anilines is 1. The van der Waals surface area contributed by atoms with E-state index in [9.17, 15) is 0 Å². The molecule has 0 amide bonds. The van der Waals surface area contributed by atoms with E-state index in [1.54, 1.807) is 10.9 Å². The van der Waals surface area contributed by atoms with Crippen molar-refractivity contribution in [1.29, 1.82) is 0 Å². The number of aromatic nitrogens is 4. The van der Waals surface area contributed by atoms with E-state index in [1.165, 1.54) is 11.9 Å². The lowest BCUT2D eigenvalue weighted by molar-refractivity contribution is 0.311. The highest BCUT2D eigenvalue weighted by Gasteiger charge is 2.10. The van der Waals surface area contributed by atoms with Crippen LogP contribution in [0.3, 0.4) is 0 Å². The third kappa shape index (κ3) is 2.21. The molecule has 3 rings (SSSR count). The minimum absolute atomic E-state index is 0.0532. The van der Waals surface area contributed by atoms with Gasteiger partial charge in [0.05, 0.1) is 23.9 Å². The second-order valence-electron chi connectivity index (χ2n) is 4.50. The molecular weight excluding hydrogens is 254 g/mol. The summed E-state index contributed by atoms with van der Waals surface area (Å²) in [5.41, 5.74) is 2.90. The molecule has 6 nitrogen and oxygen atoms in total. The van der Waals surface area contributed by atoms with E-state index in [1.807, 2.05) is 31.2 Å². The third-order valence-corrected chi connectivity index (χ3v) is 3.05. The number of nitrogens with one attached hydrogen (secondary N) is 1. The van der Waals surface area contributed by atoms with Crippen LogP contribution in [0.15, 0.2) is 36.8 Å². The first-order valence-corrected chi connectivity index (χ1v) is 6.40. The fraction of sp³-hybridized carbons (Fsp3) is 0.214. The summed E-state index contributed by atoms with van der Waals surface area (Å²) in [5.74, 6) is 0.683. The van der Waals surface area contributed by atoms with Gasteiger partial charge in [-0.15, -0.1) is 0 Å². The predicted octanol–water partition coefficient (Wildman–Crippen LogP) is 1.53. The van der Waals surface area contributed by atoms with Gasteiger partial charge >= 0.3 is 0 Å². The molecule has 2 heterocycles. The summed E-state index contributed by atoms with van der Waals surface area (Å²) in [5, 5.41) is 17.1. The maximum Gasteiger partial charge on any atom is 0.168 e. The molecule has 0 fully saturated rings. The molecule has 20 heavy (non-hydrogen) atoms. The van der Waals surface area contributed by atoms with Gasteiger partial charge in [0.1, 0.15) is 12.1 Å². The number of aliphatic hydroxyl groups excluding tert-OH is 1. The highest BCUT2D eigenvalue weighted by molar-refractivity contribution is 5.87. The normalized spacial score (nSPS) is 10.9. The van der Waals surface area contributed by atoms with Crippen molar-refractivity contribution in [2.75, 3.05) is 18.5 Å². The number of hydrogen-bond donors (Lipinski definition) is 2. The number of hydrogen-bond acceptors (Lipinski definition) is 5. The van der Waals surface area contributed by atoms with Crippen LogP contribution in [-0.4, -0.2) is 38.0 Å². The monoisotopic (exact) mass is 269 g/mol. The second kappa shape index (κ2) is 5.26. The predicted molar refractivity (Wildman–Crippen MR) is 77.0 cm³/mol. The zero-order valence-electron chi connectivity index (χ0n) is 11.1. The first-order chi connectivity index (χ1) is 9.79. The van der Waals surface area contributed by atoms with Gasteiger partial charge in [0.25, 0.3) is 0 Å². The number of nitrogens with zero attached hydrogens (tertiary/aromatic N) is 4. The number of rotatable bonds is 4. The van der Waals surface area contributed by atoms with Crippen LogP contribution in [0.5, 0.6) is 0 Å². The summed E-state index contributed by atoms with van der Waals surface area (Å²) < 4.78 is 1.78. The quantitative estimate of drug-likeness (QED) is 0.751. The Hall–Kier alpha value is -2.47. The van der Waals surface area contributed by atoms with E-state index in [4.69, 9.17) is 5.11 Å². The molecule has 0 aliphatic rings. The van der Waals surface area contributed by atoms with Crippen molar-refractivity contribution in [2.45, 2.75) is 6.92 Å². The van der Waals surface area contributed by atoms with Crippen molar-refractivity contribution in [1.82, 2.24) is 19.7 Å². The van der Waals surface area contributed by atoms with Gasteiger partial charge in [-0.1, -0.05) is 17.7 Å². The van der Waals surface area contributed by atoms with Crippen LogP contribution in [0, 0.1) is 6.92 Å². The molecule has 0 unspecified atom stereocenters.